The third-order valence-corrected chi connectivity index (χ3v) is 3.55. The Morgan fingerprint density at radius 2 is 2.22 bits per heavy atom. The van der Waals surface area contributed by atoms with Crippen LogP contribution in [0.1, 0.15) is 19.5 Å². The molecule has 7 nitrogen and oxygen atoms in total. The van der Waals surface area contributed by atoms with Crippen LogP contribution in [0.2, 0.25) is 0 Å². The highest BCUT2D eigenvalue weighted by Crippen LogP contribution is 2.34. The first-order valence-corrected chi connectivity index (χ1v) is 6.16. The van der Waals surface area contributed by atoms with Crippen molar-refractivity contribution in [2.45, 2.75) is 26.3 Å². The first-order valence-electron chi connectivity index (χ1n) is 6.16. The van der Waals surface area contributed by atoms with Crippen molar-refractivity contribution < 1.29 is 4.92 Å². The normalized spacial score (nSPS) is 23.7. The molecule has 1 aliphatic heterocycles. The highest BCUT2D eigenvalue weighted by molar-refractivity contribution is 5.62. The zero-order valence-corrected chi connectivity index (χ0v) is 11.0. The maximum Gasteiger partial charge on any atom is 0.334 e. The summed E-state index contributed by atoms with van der Waals surface area (Å²) in [7, 11) is 1.75. The van der Waals surface area contributed by atoms with Crippen LogP contribution in [0.15, 0.2) is 0 Å². The van der Waals surface area contributed by atoms with Crippen molar-refractivity contribution in [3.05, 3.63) is 15.8 Å². The van der Waals surface area contributed by atoms with Gasteiger partial charge in [0, 0.05) is 26.2 Å². The molecule has 0 saturated carbocycles. The highest BCUT2D eigenvalue weighted by Gasteiger charge is 2.35. The van der Waals surface area contributed by atoms with Crippen LogP contribution in [0, 0.1) is 16.0 Å². The van der Waals surface area contributed by atoms with Gasteiger partial charge in [0.05, 0.1) is 4.92 Å². The molecule has 2 N–H and O–H groups in total. The molecule has 2 atom stereocenters. The van der Waals surface area contributed by atoms with Gasteiger partial charge < -0.3 is 10.6 Å². The van der Waals surface area contributed by atoms with Crippen LogP contribution in [0.4, 0.5) is 11.5 Å². The number of hydrogen-bond donors (Lipinski definition) is 1. The van der Waals surface area contributed by atoms with Crippen molar-refractivity contribution in [2.75, 3.05) is 18.0 Å². The third kappa shape index (κ3) is 1.94. The Kier molecular flexibility index (Phi) is 3.25. The van der Waals surface area contributed by atoms with Crippen molar-refractivity contribution in [1.82, 2.24) is 9.78 Å². The Bertz CT molecular complexity index is 460. The summed E-state index contributed by atoms with van der Waals surface area (Å²) in [6, 6.07) is 0.0598. The predicted molar refractivity (Wildman–Crippen MR) is 68.6 cm³/mol. The summed E-state index contributed by atoms with van der Waals surface area (Å²) in [5.41, 5.74) is 6.64. The van der Waals surface area contributed by atoms with Gasteiger partial charge in [-0.1, -0.05) is 13.8 Å². The summed E-state index contributed by atoms with van der Waals surface area (Å²) in [5, 5.41) is 15.5. The van der Waals surface area contributed by atoms with Gasteiger partial charge in [-0.05, 0) is 12.3 Å². The summed E-state index contributed by atoms with van der Waals surface area (Å²) in [4.78, 5) is 12.9. The maximum absolute atomic E-state index is 11.2. The zero-order valence-electron chi connectivity index (χ0n) is 11.0. The molecule has 0 aliphatic carbocycles. The lowest BCUT2D eigenvalue weighted by Gasteiger charge is -2.16. The number of nitro groups is 1. The first-order chi connectivity index (χ1) is 8.45. The smallest absolute Gasteiger partial charge is 0.334 e. The van der Waals surface area contributed by atoms with Crippen molar-refractivity contribution in [3.8, 4) is 0 Å². The molecule has 0 aromatic carbocycles. The van der Waals surface area contributed by atoms with E-state index < -0.39 is 0 Å². The number of aryl methyl sites for hydroxylation is 2. The predicted octanol–water partition coefficient (Wildman–Crippen LogP) is 0.674. The molecule has 0 radical (unpaired) electrons. The van der Waals surface area contributed by atoms with Crippen LogP contribution >= 0.6 is 0 Å². The number of nitrogens with zero attached hydrogens (tertiary/aromatic N) is 4. The minimum absolute atomic E-state index is 0.0598. The van der Waals surface area contributed by atoms with Gasteiger partial charge in [-0.15, -0.1) is 0 Å². The van der Waals surface area contributed by atoms with Gasteiger partial charge in [0.1, 0.15) is 5.69 Å². The summed E-state index contributed by atoms with van der Waals surface area (Å²) < 4.78 is 1.60. The number of aromatic nitrogens is 2. The molecule has 1 fully saturated rings. The van der Waals surface area contributed by atoms with Gasteiger partial charge in [-0.25, -0.2) is 4.68 Å². The quantitative estimate of drug-likeness (QED) is 0.631. The van der Waals surface area contributed by atoms with E-state index in [1.807, 2.05) is 11.8 Å². The first kappa shape index (κ1) is 12.8. The summed E-state index contributed by atoms with van der Waals surface area (Å²) in [6.07, 6.45) is 0.555. The van der Waals surface area contributed by atoms with Gasteiger partial charge in [0.15, 0.2) is 0 Å². The number of rotatable bonds is 3. The van der Waals surface area contributed by atoms with E-state index in [2.05, 4.69) is 12.0 Å². The van der Waals surface area contributed by atoms with Crippen LogP contribution in [-0.4, -0.2) is 33.8 Å². The molecule has 2 heterocycles. The fourth-order valence-electron chi connectivity index (χ4n) is 2.50. The van der Waals surface area contributed by atoms with Gasteiger partial charge in [-0.2, -0.15) is 5.10 Å². The van der Waals surface area contributed by atoms with Crippen LogP contribution in [0.3, 0.4) is 0 Å². The fraction of sp³-hybridized carbons (Fsp3) is 0.727. The van der Waals surface area contributed by atoms with Crippen molar-refractivity contribution in [3.63, 3.8) is 0 Å². The molecule has 1 aromatic heterocycles. The highest BCUT2D eigenvalue weighted by atomic mass is 16.6. The van der Waals surface area contributed by atoms with Gasteiger partial charge in [0.2, 0.25) is 5.82 Å². The van der Waals surface area contributed by atoms with Gasteiger partial charge in [0.25, 0.3) is 0 Å². The van der Waals surface area contributed by atoms with E-state index in [4.69, 9.17) is 5.73 Å². The molecule has 1 saturated heterocycles. The number of hydrogen-bond acceptors (Lipinski definition) is 5. The minimum Gasteiger partial charge on any atom is -0.349 e. The monoisotopic (exact) mass is 253 g/mol. The minimum atomic E-state index is -0.338. The molecule has 2 rings (SSSR count). The lowest BCUT2D eigenvalue weighted by Crippen LogP contribution is -2.29. The summed E-state index contributed by atoms with van der Waals surface area (Å²) in [5.74, 6) is 0.918. The topological polar surface area (TPSA) is 90.2 Å². The second-order valence-electron chi connectivity index (χ2n) is 4.90. The molecule has 2 unspecified atom stereocenters. The van der Waals surface area contributed by atoms with Crippen LogP contribution in [-0.2, 0) is 13.5 Å². The van der Waals surface area contributed by atoms with Crippen LogP contribution in [0.5, 0.6) is 0 Å². The number of nitrogens with two attached hydrogens (primary N) is 1. The van der Waals surface area contributed by atoms with Gasteiger partial charge in [-0.3, -0.25) is 10.1 Å². The van der Waals surface area contributed by atoms with Crippen molar-refractivity contribution in [2.24, 2.45) is 18.7 Å². The Morgan fingerprint density at radius 3 is 2.67 bits per heavy atom. The Labute approximate surface area is 106 Å². The zero-order chi connectivity index (χ0) is 13.4. The van der Waals surface area contributed by atoms with Crippen LogP contribution < -0.4 is 10.6 Å². The molecular formula is C11H19N5O2. The fourth-order valence-corrected chi connectivity index (χ4v) is 2.50. The standard InChI is InChI=1S/C11H19N5O2/c1-4-9-10(16(17)18)11(14(3)13-9)15-5-7(2)8(12)6-15/h7-8H,4-6,12H2,1-3H3. The summed E-state index contributed by atoms with van der Waals surface area (Å²) >= 11 is 0. The van der Waals surface area contributed by atoms with E-state index in [1.54, 1.807) is 11.7 Å². The van der Waals surface area contributed by atoms with E-state index >= 15 is 0 Å². The Hall–Kier alpha value is -1.63. The molecule has 0 spiro atoms. The van der Waals surface area contributed by atoms with Crippen molar-refractivity contribution >= 4 is 11.5 Å². The second-order valence-corrected chi connectivity index (χ2v) is 4.90. The third-order valence-electron chi connectivity index (χ3n) is 3.55. The lowest BCUT2D eigenvalue weighted by atomic mass is 10.1. The largest absolute Gasteiger partial charge is 0.349 e. The van der Waals surface area contributed by atoms with E-state index in [9.17, 15) is 10.1 Å². The maximum atomic E-state index is 11.2. The van der Waals surface area contributed by atoms with Crippen LogP contribution in [0.25, 0.3) is 0 Å². The lowest BCUT2D eigenvalue weighted by molar-refractivity contribution is -0.384. The average Bonchev–Trinajstić information content (AvgIpc) is 2.79. The van der Waals surface area contributed by atoms with E-state index in [-0.39, 0.29) is 16.7 Å². The van der Waals surface area contributed by atoms with E-state index in [0.717, 1.165) is 6.54 Å². The van der Waals surface area contributed by atoms with E-state index in [0.29, 0.717) is 30.4 Å². The van der Waals surface area contributed by atoms with E-state index in [1.165, 1.54) is 0 Å². The molecule has 1 aromatic rings. The average molecular weight is 253 g/mol. The van der Waals surface area contributed by atoms with Gasteiger partial charge >= 0.3 is 5.69 Å². The molecular weight excluding hydrogens is 234 g/mol. The second kappa shape index (κ2) is 4.56. The molecule has 0 bridgehead atoms. The Balaban J connectivity index is 2.44. The molecule has 0 amide bonds. The van der Waals surface area contributed by atoms with Crippen molar-refractivity contribution in [1.29, 1.82) is 0 Å². The molecule has 18 heavy (non-hydrogen) atoms. The number of anilines is 1. The molecule has 1 aliphatic rings. The summed E-state index contributed by atoms with van der Waals surface area (Å²) in [6.45, 7) is 5.32. The Morgan fingerprint density at radius 1 is 1.56 bits per heavy atom. The molecule has 7 heteroatoms. The SMILES string of the molecule is CCc1nn(C)c(N2CC(C)C(N)C2)c1[N+](=O)[O-]. The molecule has 100 valence electrons.